The van der Waals surface area contributed by atoms with Crippen LogP contribution in [0.2, 0.25) is 0 Å². The van der Waals surface area contributed by atoms with Gasteiger partial charge in [0, 0.05) is 0 Å². The van der Waals surface area contributed by atoms with Gasteiger partial charge in [-0.25, -0.2) is 4.98 Å². The van der Waals surface area contributed by atoms with Crippen LogP contribution in [0.4, 0.5) is 0 Å². The zero-order valence-corrected chi connectivity index (χ0v) is 15.4. The van der Waals surface area contributed by atoms with Crippen molar-refractivity contribution in [1.82, 2.24) is 15.3 Å². The third kappa shape index (κ3) is 3.49. The zero-order valence-electron chi connectivity index (χ0n) is 15.4. The molecular formula is C20H23N3O3. The van der Waals surface area contributed by atoms with Gasteiger partial charge in [-0.2, -0.15) is 0 Å². The topological polar surface area (TPSA) is 76.2 Å². The number of para-hydroxylation sites is 2. The molecule has 0 unspecified atom stereocenters. The zero-order chi connectivity index (χ0) is 18.7. The van der Waals surface area contributed by atoms with Crippen LogP contribution >= 0.6 is 0 Å². The molecule has 26 heavy (non-hydrogen) atoms. The summed E-state index contributed by atoms with van der Waals surface area (Å²) < 4.78 is 10.5. The predicted molar refractivity (Wildman–Crippen MR) is 101 cm³/mol. The van der Waals surface area contributed by atoms with E-state index in [4.69, 9.17) is 9.47 Å². The lowest BCUT2D eigenvalue weighted by Gasteiger charge is -2.21. The third-order valence-corrected chi connectivity index (χ3v) is 4.31. The van der Waals surface area contributed by atoms with Crippen LogP contribution in [0.1, 0.15) is 36.1 Å². The van der Waals surface area contributed by atoms with Gasteiger partial charge in [-0.15, -0.1) is 0 Å². The van der Waals surface area contributed by atoms with Crippen LogP contribution in [-0.2, 0) is 0 Å². The maximum absolute atomic E-state index is 12.9. The number of carbonyl (C=O) groups is 1. The predicted octanol–water partition coefficient (Wildman–Crippen LogP) is 3.71. The number of fused-ring (bicyclic) bond motifs is 1. The first-order valence-electron chi connectivity index (χ1n) is 8.51. The molecule has 136 valence electrons. The monoisotopic (exact) mass is 353 g/mol. The molecule has 0 aliphatic carbocycles. The average Bonchev–Trinajstić information content (AvgIpc) is 3.08. The largest absolute Gasteiger partial charge is 0.497 e. The Morgan fingerprint density at radius 2 is 1.88 bits per heavy atom. The van der Waals surface area contributed by atoms with Crippen molar-refractivity contribution in [3.63, 3.8) is 0 Å². The fraction of sp³-hybridized carbons (Fsp3) is 0.300. The minimum Gasteiger partial charge on any atom is -0.497 e. The number of amides is 1. The Morgan fingerprint density at radius 1 is 1.12 bits per heavy atom. The Labute approximate surface area is 152 Å². The number of H-pyrrole nitrogens is 1. The van der Waals surface area contributed by atoms with Crippen LogP contribution < -0.4 is 14.8 Å². The van der Waals surface area contributed by atoms with E-state index in [0.717, 1.165) is 16.9 Å². The van der Waals surface area contributed by atoms with E-state index in [9.17, 15) is 4.79 Å². The Bertz CT molecular complexity index is 885. The standard InChI is InChI=1S/C20H23N3O3/c1-12(2)18(19-21-15-7-5-6-8-16(15)22-19)23-20(24)14-11-13(25-3)9-10-17(14)26-4/h5-12,18H,1-4H3,(H,21,22)(H,23,24)/t18-/m0/s1. The maximum atomic E-state index is 12.9. The summed E-state index contributed by atoms with van der Waals surface area (Å²) in [6.07, 6.45) is 0. The highest BCUT2D eigenvalue weighted by molar-refractivity contribution is 5.97. The minimum atomic E-state index is -0.259. The first-order valence-corrected chi connectivity index (χ1v) is 8.51. The fourth-order valence-electron chi connectivity index (χ4n) is 2.88. The molecule has 0 aliphatic heterocycles. The number of hydrogen-bond donors (Lipinski definition) is 2. The van der Waals surface area contributed by atoms with Crippen LogP contribution in [0, 0.1) is 5.92 Å². The number of carbonyl (C=O) groups excluding carboxylic acids is 1. The number of methoxy groups -OCH3 is 2. The molecule has 0 saturated carbocycles. The van der Waals surface area contributed by atoms with Crippen molar-refractivity contribution in [3.05, 3.63) is 53.9 Å². The van der Waals surface area contributed by atoms with Crippen molar-refractivity contribution in [1.29, 1.82) is 0 Å². The first kappa shape index (κ1) is 17.8. The van der Waals surface area contributed by atoms with Crippen molar-refractivity contribution in [2.24, 2.45) is 5.92 Å². The van der Waals surface area contributed by atoms with Gasteiger partial charge in [0.15, 0.2) is 0 Å². The molecule has 6 heteroatoms. The molecule has 1 aromatic heterocycles. The lowest BCUT2D eigenvalue weighted by atomic mass is 10.0. The molecule has 1 amide bonds. The molecule has 0 aliphatic rings. The lowest BCUT2D eigenvalue weighted by Crippen LogP contribution is -2.32. The van der Waals surface area contributed by atoms with E-state index < -0.39 is 0 Å². The number of nitrogens with one attached hydrogen (secondary N) is 2. The summed E-state index contributed by atoms with van der Waals surface area (Å²) in [5.41, 5.74) is 2.25. The van der Waals surface area contributed by atoms with Gasteiger partial charge in [0.05, 0.1) is 36.9 Å². The summed E-state index contributed by atoms with van der Waals surface area (Å²) in [6.45, 7) is 4.09. The maximum Gasteiger partial charge on any atom is 0.255 e. The second kappa shape index (κ2) is 7.47. The highest BCUT2D eigenvalue weighted by Crippen LogP contribution is 2.27. The molecule has 2 aromatic carbocycles. The SMILES string of the molecule is COc1ccc(OC)c(C(=O)N[C@H](c2nc3ccccc3[nH]2)C(C)C)c1. The molecule has 0 fully saturated rings. The number of aromatic amines is 1. The lowest BCUT2D eigenvalue weighted by molar-refractivity contribution is 0.0920. The second-order valence-electron chi connectivity index (χ2n) is 6.40. The molecule has 1 atom stereocenters. The van der Waals surface area contributed by atoms with Gasteiger partial charge in [0.2, 0.25) is 0 Å². The number of benzene rings is 2. The van der Waals surface area contributed by atoms with Crippen LogP contribution in [0.25, 0.3) is 11.0 Å². The van der Waals surface area contributed by atoms with Crippen molar-refractivity contribution in [2.45, 2.75) is 19.9 Å². The number of ether oxygens (including phenoxy) is 2. The summed E-state index contributed by atoms with van der Waals surface area (Å²) >= 11 is 0. The van der Waals surface area contributed by atoms with E-state index in [2.05, 4.69) is 15.3 Å². The number of aromatic nitrogens is 2. The highest BCUT2D eigenvalue weighted by atomic mass is 16.5. The van der Waals surface area contributed by atoms with Gasteiger partial charge in [-0.3, -0.25) is 4.79 Å². The normalized spacial score (nSPS) is 12.2. The second-order valence-corrected chi connectivity index (χ2v) is 6.40. The van der Waals surface area contributed by atoms with Gasteiger partial charge >= 0.3 is 0 Å². The van der Waals surface area contributed by atoms with Crippen LogP contribution in [0.3, 0.4) is 0 Å². The van der Waals surface area contributed by atoms with E-state index >= 15 is 0 Å². The van der Waals surface area contributed by atoms with Gasteiger partial charge in [-0.1, -0.05) is 26.0 Å². The Morgan fingerprint density at radius 3 is 2.54 bits per heavy atom. The van der Waals surface area contributed by atoms with Crippen molar-refractivity contribution in [3.8, 4) is 11.5 Å². The van der Waals surface area contributed by atoms with E-state index in [1.165, 1.54) is 7.11 Å². The molecular weight excluding hydrogens is 330 g/mol. The minimum absolute atomic E-state index is 0.149. The van der Waals surface area contributed by atoms with Crippen molar-refractivity contribution in [2.75, 3.05) is 14.2 Å². The molecule has 3 aromatic rings. The van der Waals surface area contributed by atoms with Gasteiger partial charge in [0.25, 0.3) is 5.91 Å². The molecule has 0 radical (unpaired) electrons. The quantitative estimate of drug-likeness (QED) is 0.708. The summed E-state index contributed by atoms with van der Waals surface area (Å²) in [5, 5.41) is 3.07. The molecule has 0 saturated heterocycles. The number of imidazole rings is 1. The molecule has 2 N–H and O–H groups in total. The van der Waals surface area contributed by atoms with Crippen LogP contribution in [0.15, 0.2) is 42.5 Å². The molecule has 0 bridgehead atoms. The smallest absolute Gasteiger partial charge is 0.255 e. The third-order valence-electron chi connectivity index (χ3n) is 4.31. The Kier molecular flexibility index (Phi) is 5.11. The summed E-state index contributed by atoms with van der Waals surface area (Å²) in [5.74, 6) is 1.74. The first-order chi connectivity index (χ1) is 12.5. The van der Waals surface area contributed by atoms with Crippen molar-refractivity contribution < 1.29 is 14.3 Å². The average molecular weight is 353 g/mol. The van der Waals surface area contributed by atoms with Crippen LogP contribution in [-0.4, -0.2) is 30.1 Å². The molecule has 6 nitrogen and oxygen atoms in total. The molecule has 3 rings (SSSR count). The summed E-state index contributed by atoms with van der Waals surface area (Å²) in [4.78, 5) is 20.8. The molecule has 0 spiro atoms. The van der Waals surface area contributed by atoms with E-state index in [1.807, 2.05) is 38.1 Å². The van der Waals surface area contributed by atoms with Crippen LogP contribution in [0.5, 0.6) is 11.5 Å². The Hall–Kier alpha value is -3.02. The summed E-state index contributed by atoms with van der Waals surface area (Å²) in [7, 11) is 3.10. The van der Waals surface area contributed by atoms with Crippen molar-refractivity contribution >= 4 is 16.9 Å². The number of rotatable bonds is 6. The van der Waals surface area contributed by atoms with Gasteiger partial charge in [0.1, 0.15) is 17.3 Å². The van der Waals surface area contributed by atoms with Gasteiger partial charge in [-0.05, 0) is 36.2 Å². The molecule has 1 heterocycles. The van der Waals surface area contributed by atoms with E-state index in [1.54, 1.807) is 25.3 Å². The number of hydrogen-bond acceptors (Lipinski definition) is 4. The Balaban J connectivity index is 1.92. The van der Waals surface area contributed by atoms with Gasteiger partial charge < -0.3 is 19.8 Å². The number of nitrogens with zero attached hydrogens (tertiary/aromatic N) is 1. The highest BCUT2D eigenvalue weighted by Gasteiger charge is 2.24. The van der Waals surface area contributed by atoms with E-state index in [0.29, 0.717) is 17.1 Å². The summed E-state index contributed by atoms with van der Waals surface area (Å²) in [6, 6.07) is 12.7. The van der Waals surface area contributed by atoms with E-state index in [-0.39, 0.29) is 17.9 Å². The fourth-order valence-corrected chi connectivity index (χ4v) is 2.88.